The minimum absolute atomic E-state index is 0.0685. The fraction of sp³-hybridized carbons (Fsp3) is 0.562. The van der Waals surface area contributed by atoms with Gasteiger partial charge in [0.05, 0.1) is 5.75 Å². The molecular formula is C32H46BrN3O3SSi. The van der Waals surface area contributed by atoms with E-state index in [1.165, 1.54) is 4.31 Å². The van der Waals surface area contributed by atoms with Crippen molar-refractivity contribution in [3.63, 3.8) is 0 Å². The number of ketones is 1. The number of benzene rings is 1. The van der Waals surface area contributed by atoms with E-state index in [0.717, 1.165) is 39.5 Å². The number of hydrogen-bond acceptors (Lipinski definition) is 4. The van der Waals surface area contributed by atoms with Gasteiger partial charge >= 0.3 is 0 Å². The van der Waals surface area contributed by atoms with Crippen LogP contribution in [-0.2, 0) is 16.6 Å². The smallest absolute Gasteiger partial charge is 0.214 e. The van der Waals surface area contributed by atoms with Crippen LogP contribution < -0.4 is 0 Å². The third-order valence-corrected chi connectivity index (χ3v) is 18.8. The number of carbonyl (C=O) groups is 1. The summed E-state index contributed by atoms with van der Waals surface area (Å²) in [6.45, 7) is 14.4. The van der Waals surface area contributed by atoms with Crippen molar-refractivity contribution in [2.24, 2.45) is 11.8 Å². The Hall–Kier alpha value is -1.81. The maximum atomic E-state index is 14.0. The van der Waals surface area contributed by atoms with Crippen LogP contribution in [-0.4, -0.2) is 48.8 Å². The molecule has 224 valence electrons. The summed E-state index contributed by atoms with van der Waals surface area (Å²) in [7, 11) is -3.75. The van der Waals surface area contributed by atoms with Crippen molar-refractivity contribution in [3.8, 4) is 0 Å². The van der Waals surface area contributed by atoms with Crippen molar-refractivity contribution in [1.29, 1.82) is 0 Å². The quantitative estimate of drug-likeness (QED) is 0.153. The van der Waals surface area contributed by atoms with Crippen LogP contribution in [0.1, 0.15) is 83.1 Å². The van der Waals surface area contributed by atoms with Crippen LogP contribution in [0.25, 0.3) is 11.0 Å². The second-order valence-electron chi connectivity index (χ2n) is 12.9. The fourth-order valence-corrected chi connectivity index (χ4v) is 16.2. The molecule has 0 amide bonds. The molecule has 41 heavy (non-hydrogen) atoms. The second-order valence-corrected chi connectivity index (χ2v) is 21.6. The van der Waals surface area contributed by atoms with Crippen LogP contribution in [0.2, 0.25) is 16.6 Å². The van der Waals surface area contributed by atoms with E-state index in [0.29, 0.717) is 36.0 Å². The first kappa shape index (κ1) is 32.1. The molecule has 1 fully saturated rings. The van der Waals surface area contributed by atoms with Crippen molar-refractivity contribution in [3.05, 3.63) is 64.4 Å². The molecule has 4 rings (SSSR count). The van der Waals surface area contributed by atoms with Crippen molar-refractivity contribution in [2.45, 2.75) is 90.4 Å². The van der Waals surface area contributed by atoms with E-state index in [1.807, 2.05) is 30.3 Å². The molecule has 0 bridgehead atoms. The minimum Gasteiger partial charge on any atom is -0.359 e. The predicted molar refractivity (Wildman–Crippen MR) is 175 cm³/mol. The molecule has 1 aromatic carbocycles. The maximum absolute atomic E-state index is 14.0. The highest BCUT2D eigenvalue weighted by Gasteiger charge is 2.46. The van der Waals surface area contributed by atoms with Crippen molar-refractivity contribution >= 4 is 51.0 Å². The molecule has 9 heteroatoms. The van der Waals surface area contributed by atoms with Gasteiger partial charge in [-0.1, -0.05) is 71.9 Å². The molecule has 0 saturated heterocycles. The normalized spacial score (nSPS) is 18.7. The van der Waals surface area contributed by atoms with Crippen LogP contribution in [0, 0.1) is 11.8 Å². The van der Waals surface area contributed by atoms with Gasteiger partial charge in [-0.2, -0.15) is 0 Å². The lowest BCUT2D eigenvalue weighted by Gasteiger charge is -2.44. The van der Waals surface area contributed by atoms with Crippen LogP contribution in [0.4, 0.5) is 0 Å². The second kappa shape index (κ2) is 12.8. The van der Waals surface area contributed by atoms with Gasteiger partial charge in [-0.25, -0.2) is 17.7 Å². The molecule has 1 aliphatic carbocycles. The third kappa shape index (κ3) is 6.29. The summed E-state index contributed by atoms with van der Waals surface area (Å²) in [5, 5.41) is 0.926. The monoisotopic (exact) mass is 659 g/mol. The Morgan fingerprint density at radius 1 is 1.00 bits per heavy atom. The van der Waals surface area contributed by atoms with Gasteiger partial charge in [0.15, 0.2) is 14.0 Å². The standard InChI is InChI=1S/C32H46BrN3O3SSi/c1-22(2)41(23(3)4,24(5)6)36-18-17-28-30(29(33)19-34-32(28)36)31(37)27-15-13-26(14-16-27)21-40(38,39)35(7)20-25-11-9-8-10-12-25/h8-12,17-19,22-24,26-27H,13-16,20-21H2,1-7H3. The Morgan fingerprint density at radius 3 is 2.15 bits per heavy atom. The van der Waals surface area contributed by atoms with E-state index in [9.17, 15) is 13.2 Å². The van der Waals surface area contributed by atoms with Gasteiger partial charge in [0.1, 0.15) is 5.65 Å². The average molecular weight is 661 g/mol. The molecule has 2 heterocycles. The number of pyridine rings is 1. The number of nitrogens with zero attached hydrogens (tertiary/aromatic N) is 3. The first-order valence-corrected chi connectivity index (χ1v) is 19.6. The van der Waals surface area contributed by atoms with Gasteiger partial charge in [-0.05, 0) is 82.0 Å². The summed E-state index contributed by atoms with van der Waals surface area (Å²) in [4.78, 5) is 18.9. The van der Waals surface area contributed by atoms with Crippen molar-refractivity contribution in [1.82, 2.24) is 13.5 Å². The van der Waals surface area contributed by atoms with E-state index in [2.05, 4.69) is 74.0 Å². The molecule has 6 nitrogen and oxygen atoms in total. The Morgan fingerprint density at radius 2 is 1.59 bits per heavy atom. The zero-order valence-corrected chi connectivity index (χ0v) is 29.0. The molecule has 0 spiro atoms. The number of rotatable bonds is 11. The highest BCUT2D eigenvalue weighted by Crippen LogP contribution is 2.45. The SMILES string of the molecule is CC(C)[Si](C(C)C)(C(C)C)n1ccc2c(C(=O)C3CCC(CS(=O)(=O)N(C)Cc4ccccc4)CC3)c(Br)cnc21. The average Bonchev–Trinajstić information content (AvgIpc) is 3.32. The highest BCUT2D eigenvalue weighted by atomic mass is 79.9. The Kier molecular flexibility index (Phi) is 10.0. The lowest BCUT2D eigenvalue weighted by molar-refractivity contribution is 0.0877. The van der Waals surface area contributed by atoms with Gasteiger partial charge in [0.25, 0.3) is 0 Å². The molecule has 3 aromatic rings. The van der Waals surface area contributed by atoms with Gasteiger partial charge in [-0.3, -0.25) is 4.79 Å². The van der Waals surface area contributed by atoms with Gasteiger partial charge in [-0.15, -0.1) is 0 Å². The van der Waals surface area contributed by atoms with Crippen LogP contribution in [0.5, 0.6) is 0 Å². The van der Waals surface area contributed by atoms with Gasteiger partial charge in [0, 0.05) is 41.1 Å². The Labute approximate surface area is 256 Å². The molecular weight excluding hydrogens is 614 g/mol. The summed E-state index contributed by atoms with van der Waals surface area (Å²) >= 11 is 3.66. The number of sulfonamides is 1. The minimum atomic E-state index is -3.38. The molecule has 0 N–H and O–H groups in total. The van der Waals surface area contributed by atoms with Crippen molar-refractivity contribution in [2.75, 3.05) is 12.8 Å². The summed E-state index contributed by atoms with van der Waals surface area (Å²) in [6, 6.07) is 11.8. The molecule has 0 radical (unpaired) electrons. The molecule has 2 aromatic heterocycles. The molecule has 0 aliphatic heterocycles. The van der Waals surface area contributed by atoms with E-state index >= 15 is 0 Å². The fourth-order valence-electron chi connectivity index (χ4n) is 7.62. The topological polar surface area (TPSA) is 72.3 Å². The third-order valence-electron chi connectivity index (χ3n) is 9.49. The first-order chi connectivity index (χ1) is 19.3. The molecule has 0 atom stereocenters. The molecule has 1 saturated carbocycles. The van der Waals surface area contributed by atoms with Gasteiger partial charge < -0.3 is 4.23 Å². The van der Waals surface area contributed by atoms with Crippen LogP contribution >= 0.6 is 15.9 Å². The summed E-state index contributed by atoms with van der Waals surface area (Å²) in [6.07, 6.45) is 6.88. The van der Waals surface area contributed by atoms with Crippen LogP contribution in [0.15, 0.2) is 53.3 Å². The van der Waals surface area contributed by atoms with E-state index in [-0.39, 0.29) is 23.4 Å². The Balaban J connectivity index is 1.51. The van der Waals surface area contributed by atoms with E-state index in [1.54, 1.807) is 13.2 Å². The maximum Gasteiger partial charge on any atom is 0.214 e. The number of Topliss-reactive ketones (excluding diaryl/α,β-unsaturated/α-hetero) is 1. The lowest BCUT2D eigenvalue weighted by Crippen LogP contribution is -2.51. The molecule has 1 aliphatic rings. The first-order valence-electron chi connectivity index (χ1n) is 15.0. The zero-order valence-electron chi connectivity index (χ0n) is 25.6. The Bertz CT molecular complexity index is 1440. The van der Waals surface area contributed by atoms with Crippen molar-refractivity contribution < 1.29 is 13.2 Å². The van der Waals surface area contributed by atoms with Gasteiger partial charge in [0.2, 0.25) is 10.0 Å². The van der Waals surface area contributed by atoms with Crippen LogP contribution in [0.3, 0.4) is 0 Å². The van der Waals surface area contributed by atoms with E-state index < -0.39 is 18.3 Å². The zero-order chi connectivity index (χ0) is 30.1. The van der Waals surface area contributed by atoms with E-state index in [4.69, 9.17) is 4.98 Å². The number of fused-ring (bicyclic) bond motifs is 1. The molecule has 0 unspecified atom stereocenters. The number of aromatic nitrogens is 2. The number of hydrogen-bond donors (Lipinski definition) is 0. The predicted octanol–water partition coefficient (Wildman–Crippen LogP) is 8.27. The lowest BCUT2D eigenvalue weighted by atomic mass is 9.79. The summed E-state index contributed by atoms with van der Waals surface area (Å²) in [5.74, 6) is 0.244. The summed E-state index contributed by atoms with van der Waals surface area (Å²) < 4.78 is 30.9. The largest absolute Gasteiger partial charge is 0.359 e. The summed E-state index contributed by atoms with van der Waals surface area (Å²) in [5.41, 5.74) is 4.17. The number of halogens is 1. The highest BCUT2D eigenvalue weighted by molar-refractivity contribution is 9.10. The number of carbonyl (C=O) groups excluding carboxylic acids is 1.